The molecule has 2 heterocycles. The summed E-state index contributed by atoms with van der Waals surface area (Å²) in [6.07, 6.45) is -2.67. The van der Waals surface area contributed by atoms with Crippen LogP contribution in [0.4, 0.5) is 18.9 Å². The molecule has 0 radical (unpaired) electrons. The SMILES string of the molecule is Cc1ccccc1N1CCN(C2CCN(C(c3ccccc3)C(F)(F)F)CC2)CC1.Cl. The fourth-order valence-corrected chi connectivity index (χ4v) is 5.00. The minimum absolute atomic E-state index is 0. The summed E-state index contributed by atoms with van der Waals surface area (Å²) in [6.45, 7) is 7.01. The molecule has 0 N–H and O–H groups in total. The zero-order valence-electron chi connectivity index (χ0n) is 17.9. The average molecular weight is 454 g/mol. The Hall–Kier alpha value is -1.76. The van der Waals surface area contributed by atoms with Crippen LogP contribution in [0.3, 0.4) is 0 Å². The number of aryl methyl sites for hydroxylation is 1. The minimum atomic E-state index is -4.26. The molecule has 2 aliphatic rings. The fraction of sp³-hybridized carbons (Fsp3) is 0.500. The van der Waals surface area contributed by atoms with E-state index in [4.69, 9.17) is 0 Å². The maximum Gasteiger partial charge on any atom is 0.408 e. The molecule has 0 spiro atoms. The molecule has 7 heteroatoms. The predicted octanol–water partition coefficient (Wildman–Crippen LogP) is 5.31. The highest BCUT2D eigenvalue weighted by Gasteiger charge is 2.45. The third kappa shape index (κ3) is 5.54. The maximum atomic E-state index is 13.8. The highest BCUT2D eigenvalue weighted by atomic mass is 35.5. The van der Waals surface area contributed by atoms with Crippen LogP contribution in [0.25, 0.3) is 0 Å². The number of likely N-dealkylation sites (tertiary alicyclic amines) is 1. The molecule has 2 aromatic carbocycles. The van der Waals surface area contributed by atoms with Gasteiger partial charge in [0, 0.05) is 51.0 Å². The topological polar surface area (TPSA) is 9.72 Å². The molecule has 170 valence electrons. The molecule has 3 nitrogen and oxygen atoms in total. The van der Waals surface area contributed by atoms with E-state index >= 15 is 0 Å². The molecule has 2 saturated heterocycles. The van der Waals surface area contributed by atoms with Gasteiger partial charge in [-0.15, -0.1) is 12.4 Å². The number of para-hydroxylation sites is 1. The number of nitrogens with zero attached hydrogens (tertiary/aromatic N) is 3. The van der Waals surface area contributed by atoms with Gasteiger partial charge in [-0.3, -0.25) is 9.80 Å². The van der Waals surface area contributed by atoms with Crippen LogP contribution in [-0.2, 0) is 0 Å². The average Bonchev–Trinajstić information content (AvgIpc) is 2.75. The molecule has 0 amide bonds. The molecule has 1 atom stereocenters. The van der Waals surface area contributed by atoms with Crippen LogP contribution in [0.5, 0.6) is 0 Å². The van der Waals surface area contributed by atoms with Gasteiger partial charge in [0.2, 0.25) is 0 Å². The second-order valence-corrected chi connectivity index (χ2v) is 8.43. The Morgan fingerprint density at radius 2 is 1.39 bits per heavy atom. The van der Waals surface area contributed by atoms with E-state index < -0.39 is 12.2 Å². The van der Waals surface area contributed by atoms with Crippen LogP contribution in [0.2, 0.25) is 0 Å². The van der Waals surface area contributed by atoms with Gasteiger partial charge in [0.1, 0.15) is 6.04 Å². The molecular formula is C24H31ClF3N3. The third-order valence-corrected chi connectivity index (χ3v) is 6.58. The number of hydrogen-bond acceptors (Lipinski definition) is 3. The molecule has 0 saturated carbocycles. The molecule has 2 fully saturated rings. The fourth-order valence-electron chi connectivity index (χ4n) is 5.00. The van der Waals surface area contributed by atoms with Crippen LogP contribution in [-0.4, -0.2) is 61.3 Å². The summed E-state index contributed by atoms with van der Waals surface area (Å²) < 4.78 is 41.5. The van der Waals surface area contributed by atoms with Gasteiger partial charge in [-0.1, -0.05) is 48.5 Å². The normalized spacial score (nSPS) is 20.3. The summed E-state index contributed by atoms with van der Waals surface area (Å²) in [6, 6.07) is 15.7. The van der Waals surface area contributed by atoms with E-state index in [9.17, 15) is 13.2 Å². The van der Waals surface area contributed by atoms with Crippen molar-refractivity contribution in [2.75, 3.05) is 44.2 Å². The van der Waals surface area contributed by atoms with Crippen molar-refractivity contribution >= 4 is 18.1 Å². The Labute approximate surface area is 189 Å². The third-order valence-electron chi connectivity index (χ3n) is 6.58. The summed E-state index contributed by atoms with van der Waals surface area (Å²) in [5.41, 5.74) is 2.93. The van der Waals surface area contributed by atoms with Gasteiger partial charge in [0.15, 0.2) is 0 Å². The number of piperazine rings is 1. The van der Waals surface area contributed by atoms with Crippen molar-refractivity contribution in [2.45, 2.75) is 38.0 Å². The van der Waals surface area contributed by atoms with Crippen LogP contribution >= 0.6 is 12.4 Å². The van der Waals surface area contributed by atoms with E-state index in [-0.39, 0.29) is 12.4 Å². The predicted molar refractivity (Wildman–Crippen MR) is 122 cm³/mol. The Morgan fingerprint density at radius 3 is 1.97 bits per heavy atom. The molecule has 0 aliphatic carbocycles. The van der Waals surface area contributed by atoms with E-state index in [0.29, 0.717) is 24.7 Å². The number of alkyl halides is 3. The van der Waals surface area contributed by atoms with Gasteiger partial charge in [0.05, 0.1) is 0 Å². The quantitative estimate of drug-likeness (QED) is 0.621. The van der Waals surface area contributed by atoms with E-state index in [0.717, 1.165) is 39.0 Å². The molecule has 0 aromatic heterocycles. The number of anilines is 1. The van der Waals surface area contributed by atoms with Crippen molar-refractivity contribution < 1.29 is 13.2 Å². The Balaban J connectivity index is 0.00000272. The van der Waals surface area contributed by atoms with E-state index in [1.807, 2.05) is 0 Å². The lowest BCUT2D eigenvalue weighted by Crippen LogP contribution is -2.54. The lowest BCUT2D eigenvalue weighted by Gasteiger charge is -2.45. The van der Waals surface area contributed by atoms with Crippen LogP contribution in [0, 0.1) is 6.92 Å². The smallest absolute Gasteiger partial charge is 0.369 e. The van der Waals surface area contributed by atoms with Gasteiger partial charge in [-0.2, -0.15) is 13.2 Å². The van der Waals surface area contributed by atoms with Crippen LogP contribution < -0.4 is 4.90 Å². The first-order valence-electron chi connectivity index (χ1n) is 10.8. The summed E-state index contributed by atoms with van der Waals surface area (Å²) in [5.74, 6) is 0. The zero-order valence-corrected chi connectivity index (χ0v) is 18.7. The molecule has 1 unspecified atom stereocenters. The summed E-state index contributed by atoms with van der Waals surface area (Å²) >= 11 is 0. The highest BCUT2D eigenvalue weighted by Crippen LogP contribution is 2.39. The Morgan fingerprint density at radius 1 is 0.806 bits per heavy atom. The van der Waals surface area contributed by atoms with Gasteiger partial charge in [0.25, 0.3) is 0 Å². The molecule has 31 heavy (non-hydrogen) atoms. The standard InChI is InChI=1S/C24H30F3N3.ClH/c1-19-7-5-6-10-22(19)29-17-15-28(16-18-29)21-11-13-30(14-12-21)23(24(25,26)27)20-8-3-2-4-9-20;/h2-10,21,23H,11-18H2,1H3;1H. The summed E-state index contributed by atoms with van der Waals surface area (Å²) in [4.78, 5) is 6.53. The van der Waals surface area contributed by atoms with Crippen molar-refractivity contribution in [3.05, 3.63) is 65.7 Å². The lowest BCUT2D eigenvalue weighted by molar-refractivity contribution is -0.190. The lowest BCUT2D eigenvalue weighted by atomic mass is 9.97. The van der Waals surface area contributed by atoms with Crippen LogP contribution in [0.1, 0.15) is 30.0 Å². The monoisotopic (exact) mass is 453 g/mol. The number of piperidine rings is 1. The summed E-state index contributed by atoms with van der Waals surface area (Å²) in [7, 11) is 0. The van der Waals surface area contributed by atoms with Gasteiger partial charge in [-0.25, -0.2) is 0 Å². The highest BCUT2D eigenvalue weighted by molar-refractivity contribution is 5.85. The van der Waals surface area contributed by atoms with Crippen molar-refractivity contribution in [1.29, 1.82) is 0 Å². The van der Waals surface area contributed by atoms with Crippen molar-refractivity contribution in [2.24, 2.45) is 0 Å². The van der Waals surface area contributed by atoms with Gasteiger partial charge < -0.3 is 4.90 Å². The Kier molecular flexibility index (Phi) is 7.89. The maximum absolute atomic E-state index is 13.8. The number of hydrogen-bond donors (Lipinski definition) is 0. The largest absolute Gasteiger partial charge is 0.408 e. The number of benzene rings is 2. The first-order chi connectivity index (χ1) is 14.4. The van der Waals surface area contributed by atoms with E-state index in [2.05, 4.69) is 41.0 Å². The first kappa shape index (κ1) is 23.9. The minimum Gasteiger partial charge on any atom is -0.369 e. The second-order valence-electron chi connectivity index (χ2n) is 8.43. The first-order valence-corrected chi connectivity index (χ1v) is 10.8. The van der Waals surface area contributed by atoms with Crippen molar-refractivity contribution in [3.63, 3.8) is 0 Å². The van der Waals surface area contributed by atoms with Crippen molar-refractivity contribution in [1.82, 2.24) is 9.80 Å². The molecule has 4 rings (SSSR count). The van der Waals surface area contributed by atoms with Crippen LogP contribution in [0.15, 0.2) is 54.6 Å². The van der Waals surface area contributed by atoms with Crippen molar-refractivity contribution in [3.8, 4) is 0 Å². The van der Waals surface area contributed by atoms with E-state index in [1.54, 1.807) is 35.2 Å². The molecule has 2 aliphatic heterocycles. The molecule has 0 bridgehead atoms. The Bertz CT molecular complexity index is 814. The second kappa shape index (κ2) is 10.2. The molecule has 2 aromatic rings. The van der Waals surface area contributed by atoms with Gasteiger partial charge >= 0.3 is 6.18 Å². The van der Waals surface area contributed by atoms with E-state index in [1.165, 1.54) is 11.3 Å². The number of rotatable bonds is 4. The summed E-state index contributed by atoms with van der Waals surface area (Å²) in [5, 5.41) is 0. The zero-order chi connectivity index (χ0) is 21.1. The molecular weight excluding hydrogens is 423 g/mol. The number of halogens is 4. The van der Waals surface area contributed by atoms with Gasteiger partial charge in [-0.05, 0) is 37.0 Å².